The van der Waals surface area contributed by atoms with Crippen LogP contribution in [0.15, 0.2) is 96.4 Å². The second-order valence-corrected chi connectivity index (χ2v) is 9.68. The number of nitrogens with zero attached hydrogens (tertiary/aromatic N) is 2. The summed E-state index contributed by atoms with van der Waals surface area (Å²) in [7, 11) is 0. The van der Waals surface area contributed by atoms with E-state index in [4.69, 9.17) is 10.1 Å². The van der Waals surface area contributed by atoms with Gasteiger partial charge in [-0.15, -0.1) is 11.3 Å². The van der Waals surface area contributed by atoms with Crippen LogP contribution in [0.2, 0.25) is 0 Å². The monoisotopic (exact) mass is 525 g/mol. The number of benzene rings is 4. The molecule has 1 amide bonds. The van der Waals surface area contributed by atoms with Crippen molar-refractivity contribution < 1.29 is 19.1 Å². The summed E-state index contributed by atoms with van der Waals surface area (Å²) < 4.78 is 14.9. The average molecular weight is 526 g/mol. The van der Waals surface area contributed by atoms with Crippen LogP contribution in [0.25, 0.3) is 22.0 Å². The quantitative estimate of drug-likeness (QED) is 0.237. The molecule has 0 saturated carbocycles. The Kier molecular flexibility index (Phi) is 7.15. The third-order valence-corrected chi connectivity index (χ3v) is 7.05. The zero-order valence-corrected chi connectivity index (χ0v) is 21.3. The molecule has 1 atom stereocenters. The van der Waals surface area contributed by atoms with E-state index in [1.165, 1.54) is 24.3 Å². The molecule has 2 N–H and O–H groups in total. The molecule has 1 unspecified atom stereocenters. The molecule has 5 aromatic rings. The first kappa shape index (κ1) is 25.1. The number of carboxylic acid groups (broad SMARTS) is 1. The summed E-state index contributed by atoms with van der Waals surface area (Å²) in [5.74, 6) is -1.95. The lowest BCUT2D eigenvalue weighted by atomic mass is 10.1. The van der Waals surface area contributed by atoms with Gasteiger partial charge in [-0.3, -0.25) is 9.59 Å². The maximum absolute atomic E-state index is 14.9. The van der Waals surface area contributed by atoms with Crippen molar-refractivity contribution in [2.75, 3.05) is 4.90 Å². The van der Waals surface area contributed by atoms with Gasteiger partial charge in [0.1, 0.15) is 11.9 Å². The van der Waals surface area contributed by atoms with Crippen LogP contribution in [0, 0.1) is 5.82 Å². The van der Waals surface area contributed by atoms with Crippen molar-refractivity contribution in [2.24, 2.45) is 0 Å². The third kappa shape index (κ3) is 5.40. The second kappa shape index (κ2) is 10.8. The number of halogens is 1. The zero-order valence-electron chi connectivity index (χ0n) is 20.5. The molecule has 190 valence electrons. The molecular formula is C30H24FN3O3S. The Morgan fingerprint density at radius 2 is 1.68 bits per heavy atom. The second-order valence-electron chi connectivity index (χ2n) is 8.85. The number of carbonyl (C=O) groups is 2. The Labute approximate surface area is 223 Å². The number of rotatable bonds is 8. The molecule has 0 radical (unpaired) electrons. The minimum absolute atomic E-state index is 0.318. The lowest BCUT2D eigenvalue weighted by Gasteiger charge is -2.23. The minimum Gasteiger partial charge on any atom is -0.480 e. The number of fused-ring (bicyclic) bond motifs is 1. The van der Waals surface area contributed by atoms with Crippen LogP contribution in [-0.2, 0) is 11.3 Å². The summed E-state index contributed by atoms with van der Waals surface area (Å²) in [6.07, 6.45) is 0. The first-order valence-corrected chi connectivity index (χ1v) is 12.9. The Hall–Kier alpha value is -4.56. The predicted octanol–water partition coefficient (Wildman–Crippen LogP) is 6.64. The number of amides is 1. The molecule has 1 aromatic heterocycles. The lowest BCUT2D eigenvalue weighted by molar-refractivity contribution is -0.138. The third-order valence-electron chi connectivity index (χ3n) is 6.19. The molecule has 0 aliphatic rings. The summed E-state index contributed by atoms with van der Waals surface area (Å²) in [5.41, 5.74) is 3.34. The highest BCUT2D eigenvalue weighted by atomic mass is 32.1. The zero-order chi connectivity index (χ0) is 26.6. The standard InChI is InChI=1S/C30H24FN3O3S/c1-19(29(36)37)32-28(35)22-12-10-20(11-13-22)17-34(27-9-5-4-8-25(27)31)30-33-26(18-38-30)24-15-14-21-6-2-3-7-23(21)16-24/h2-16,18-19H,17H2,1H3,(H,32,35)(H,36,37). The summed E-state index contributed by atoms with van der Waals surface area (Å²) in [6, 6.07) is 26.7. The number of carbonyl (C=O) groups excluding carboxylic acids is 1. The molecular weight excluding hydrogens is 501 g/mol. The largest absolute Gasteiger partial charge is 0.480 e. The number of aromatic nitrogens is 1. The van der Waals surface area contributed by atoms with Gasteiger partial charge in [0.15, 0.2) is 5.13 Å². The highest BCUT2D eigenvalue weighted by Crippen LogP contribution is 2.35. The number of nitrogens with one attached hydrogen (secondary N) is 1. The van der Waals surface area contributed by atoms with Gasteiger partial charge in [-0.1, -0.05) is 60.7 Å². The van der Waals surface area contributed by atoms with Gasteiger partial charge in [-0.2, -0.15) is 0 Å². The molecule has 5 rings (SSSR count). The Morgan fingerprint density at radius 1 is 0.974 bits per heavy atom. The van der Waals surface area contributed by atoms with E-state index in [0.29, 0.717) is 22.9 Å². The lowest BCUT2D eigenvalue weighted by Crippen LogP contribution is -2.38. The molecule has 0 bridgehead atoms. The number of hydrogen-bond acceptors (Lipinski definition) is 5. The summed E-state index contributed by atoms with van der Waals surface area (Å²) in [6.45, 7) is 1.72. The van der Waals surface area contributed by atoms with E-state index in [1.807, 2.05) is 28.5 Å². The van der Waals surface area contributed by atoms with Crippen LogP contribution in [0.4, 0.5) is 15.2 Å². The van der Waals surface area contributed by atoms with Crippen molar-refractivity contribution in [1.82, 2.24) is 10.3 Å². The van der Waals surface area contributed by atoms with Crippen molar-refractivity contribution in [2.45, 2.75) is 19.5 Å². The van der Waals surface area contributed by atoms with Crippen molar-refractivity contribution in [3.63, 3.8) is 0 Å². The molecule has 6 nitrogen and oxygen atoms in total. The number of hydrogen-bond donors (Lipinski definition) is 2. The van der Waals surface area contributed by atoms with Gasteiger partial charge in [0.05, 0.1) is 17.9 Å². The van der Waals surface area contributed by atoms with Crippen molar-refractivity contribution in [1.29, 1.82) is 0 Å². The normalized spacial score (nSPS) is 11.7. The van der Waals surface area contributed by atoms with Gasteiger partial charge in [-0.05, 0) is 53.6 Å². The molecule has 4 aromatic carbocycles. The average Bonchev–Trinajstić information content (AvgIpc) is 3.42. The van der Waals surface area contributed by atoms with E-state index in [-0.39, 0.29) is 5.82 Å². The maximum Gasteiger partial charge on any atom is 0.325 e. The highest BCUT2D eigenvalue weighted by molar-refractivity contribution is 7.14. The van der Waals surface area contributed by atoms with Gasteiger partial charge in [0, 0.05) is 16.5 Å². The van der Waals surface area contributed by atoms with Gasteiger partial charge < -0.3 is 15.3 Å². The molecule has 38 heavy (non-hydrogen) atoms. The van der Waals surface area contributed by atoms with E-state index in [9.17, 15) is 14.0 Å². The van der Waals surface area contributed by atoms with E-state index in [1.54, 1.807) is 42.5 Å². The fraction of sp³-hybridized carbons (Fsp3) is 0.100. The molecule has 0 fully saturated rings. The first-order valence-electron chi connectivity index (χ1n) is 12.0. The number of anilines is 2. The predicted molar refractivity (Wildman–Crippen MR) is 148 cm³/mol. The topological polar surface area (TPSA) is 82.5 Å². The van der Waals surface area contributed by atoms with Gasteiger partial charge in [0.2, 0.25) is 0 Å². The summed E-state index contributed by atoms with van der Waals surface area (Å²) in [5, 5.41) is 16.3. The van der Waals surface area contributed by atoms with Gasteiger partial charge in [-0.25, -0.2) is 9.37 Å². The van der Waals surface area contributed by atoms with E-state index in [0.717, 1.165) is 27.6 Å². The van der Waals surface area contributed by atoms with E-state index < -0.39 is 17.9 Å². The van der Waals surface area contributed by atoms with Crippen LogP contribution in [-0.4, -0.2) is 28.0 Å². The first-order chi connectivity index (χ1) is 18.4. The number of carboxylic acids is 1. The highest BCUT2D eigenvalue weighted by Gasteiger charge is 2.19. The number of para-hydroxylation sites is 1. The van der Waals surface area contributed by atoms with Crippen LogP contribution in [0.3, 0.4) is 0 Å². The van der Waals surface area contributed by atoms with Crippen molar-refractivity contribution >= 4 is 44.8 Å². The Bertz CT molecular complexity index is 1620. The van der Waals surface area contributed by atoms with Crippen molar-refractivity contribution in [3.05, 3.63) is 113 Å². The van der Waals surface area contributed by atoms with Crippen LogP contribution in [0.1, 0.15) is 22.8 Å². The molecule has 8 heteroatoms. The molecule has 0 aliphatic carbocycles. The van der Waals surface area contributed by atoms with Gasteiger partial charge in [0.25, 0.3) is 5.91 Å². The number of thiazole rings is 1. The molecule has 0 aliphatic heterocycles. The molecule has 0 saturated heterocycles. The Morgan fingerprint density at radius 3 is 2.42 bits per heavy atom. The van der Waals surface area contributed by atoms with Gasteiger partial charge >= 0.3 is 5.97 Å². The summed E-state index contributed by atoms with van der Waals surface area (Å²) in [4.78, 5) is 30.1. The molecule has 0 spiro atoms. The molecule has 1 heterocycles. The smallest absolute Gasteiger partial charge is 0.325 e. The fourth-order valence-corrected chi connectivity index (χ4v) is 4.93. The number of aliphatic carboxylic acids is 1. The van der Waals surface area contributed by atoms with Crippen LogP contribution in [0.5, 0.6) is 0 Å². The fourth-order valence-electron chi connectivity index (χ4n) is 4.08. The van der Waals surface area contributed by atoms with E-state index in [2.05, 4.69) is 29.6 Å². The van der Waals surface area contributed by atoms with Crippen LogP contribution >= 0.6 is 11.3 Å². The van der Waals surface area contributed by atoms with Crippen molar-refractivity contribution in [3.8, 4) is 11.3 Å². The van der Waals surface area contributed by atoms with E-state index >= 15 is 0 Å². The van der Waals surface area contributed by atoms with Crippen LogP contribution < -0.4 is 10.2 Å². The maximum atomic E-state index is 14.9. The SMILES string of the molecule is CC(NC(=O)c1ccc(CN(c2nc(-c3ccc4ccccc4c3)cs2)c2ccccc2F)cc1)C(=O)O. The minimum atomic E-state index is -1.11. The Balaban J connectivity index is 1.43. The summed E-state index contributed by atoms with van der Waals surface area (Å²) >= 11 is 1.43.